The number of sulfone groups is 1. The van der Waals surface area contributed by atoms with Crippen molar-refractivity contribution >= 4 is 21.6 Å². The summed E-state index contributed by atoms with van der Waals surface area (Å²) in [7, 11) is -2.96. The highest BCUT2D eigenvalue weighted by molar-refractivity contribution is 7.90. The summed E-state index contributed by atoms with van der Waals surface area (Å²) in [6.45, 7) is 7.08. The fourth-order valence-corrected chi connectivity index (χ4v) is 3.78. The van der Waals surface area contributed by atoms with Crippen molar-refractivity contribution in [3.05, 3.63) is 12.3 Å². The summed E-state index contributed by atoms with van der Waals surface area (Å²) in [4.78, 5) is 8.73. The molecule has 142 valence electrons. The number of hydrogen-bond donors (Lipinski definition) is 2. The molecule has 25 heavy (non-hydrogen) atoms. The third-order valence-corrected chi connectivity index (χ3v) is 5.29. The molecule has 1 aromatic rings. The van der Waals surface area contributed by atoms with Crippen molar-refractivity contribution in [2.45, 2.75) is 58.2 Å². The topological polar surface area (TPSA) is 93.2 Å². The van der Waals surface area contributed by atoms with Crippen LogP contribution in [0.3, 0.4) is 0 Å². The molecule has 2 rings (SSSR count). The van der Waals surface area contributed by atoms with Crippen LogP contribution in [0.1, 0.15) is 40.0 Å². The summed E-state index contributed by atoms with van der Waals surface area (Å²) < 4.78 is 28.4. The molecule has 0 amide bonds. The molecule has 0 aromatic carbocycles. The van der Waals surface area contributed by atoms with Gasteiger partial charge in [-0.3, -0.25) is 0 Å². The van der Waals surface area contributed by atoms with Crippen molar-refractivity contribution in [3.8, 4) is 0 Å². The Hall–Kier alpha value is -1.41. The molecule has 0 unspecified atom stereocenters. The predicted molar refractivity (Wildman–Crippen MR) is 101 cm³/mol. The second kappa shape index (κ2) is 8.80. The van der Waals surface area contributed by atoms with Gasteiger partial charge in [-0.1, -0.05) is 13.8 Å². The highest BCUT2D eigenvalue weighted by atomic mass is 32.2. The summed E-state index contributed by atoms with van der Waals surface area (Å²) in [5, 5.41) is 6.64. The van der Waals surface area contributed by atoms with Crippen LogP contribution in [0.2, 0.25) is 0 Å². The van der Waals surface area contributed by atoms with Gasteiger partial charge in [0.2, 0.25) is 5.95 Å². The van der Waals surface area contributed by atoms with E-state index < -0.39 is 9.84 Å². The number of nitrogens with zero attached hydrogens (tertiary/aromatic N) is 2. The number of anilines is 2. The fraction of sp³-hybridized carbons (Fsp3) is 0.765. The lowest BCUT2D eigenvalue weighted by atomic mass is 9.94. The molecule has 3 atom stereocenters. The van der Waals surface area contributed by atoms with Gasteiger partial charge < -0.3 is 15.4 Å². The molecule has 1 aliphatic heterocycles. The molecule has 0 radical (unpaired) electrons. The minimum Gasteiger partial charge on any atom is -0.376 e. The molecule has 1 fully saturated rings. The molecular formula is C17H30N4O3S. The standard InChI is InChI=1S/C17H30N4O3S/c1-12(2)16-14(6-5-10-24-16)20-15-7-9-18-17(21-15)19-13(3)8-11-25(4,22)23/h7,9,12-14,16H,5-6,8,10-11H2,1-4H3,(H2,18,19,20,21)/t13-,14-,16+/m1/s1. The quantitative estimate of drug-likeness (QED) is 0.725. The number of ether oxygens (including phenoxy) is 1. The summed E-state index contributed by atoms with van der Waals surface area (Å²) in [6, 6.07) is 2.06. The maximum Gasteiger partial charge on any atom is 0.224 e. The molecule has 1 saturated heterocycles. The van der Waals surface area contributed by atoms with Crippen molar-refractivity contribution in [2.75, 3.05) is 29.2 Å². The van der Waals surface area contributed by atoms with Crippen LogP contribution in [0.5, 0.6) is 0 Å². The van der Waals surface area contributed by atoms with E-state index in [0.717, 1.165) is 25.3 Å². The van der Waals surface area contributed by atoms with Crippen LogP contribution in [0, 0.1) is 5.92 Å². The molecule has 8 heteroatoms. The third kappa shape index (κ3) is 6.78. The monoisotopic (exact) mass is 370 g/mol. The lowest BCUT2D eigenvalue weighted by molar-refractivity contribution is -0.0203. The molecule has 0 saturated carbocycles. The number of rotatable bonds is 8. The van der Waals surface area contributed by atoms with Gasteiger partial charge in [-0.2, -0.15) is 4.98 Å². The minimum atomic E-state index is -2.96. The first-order valence-electron chi connectivity index (χ1n) is 8.90. The predicted octanol–water partition coefficient (Wildman–Crippen LogP) is 2.33. The summed E-state index contributed by atoms with van der Waals surface area (Å²) in [5.41, 5.74) is 0. The maximum absolute atomic E-state index is 11.3. The third-order valence-electron chi connectivity index (χ3n) is 4.31. The van der Waals surface area contributed by atoms with Gasteiger partial charge in [0.15, 0.2) is 0 Å². The Morgan fingerprint density at radius 2 is 2.12 bits per heavy atom. The largest absolute Gasteiger partial charge is 0.376 e. The SMILES string of the molecule is CC(C)[C@@H]1OCCC[C@H]1Nc1ccnc(N[C@H](C)CCS(C)(=O)=O)n1. The lowest BCUT2D eigenvalue weighted by Crippen LogP contribution is -2.43. The van der Waals surface area contributed by atoms with Gasteiger partial charge in [0.05, 0.1) is 17.9 Å². The Morgan fingerprint density at radius 3 is 2.80 bits per heavy atom. The van der Waals surface area contributed by atoms with Gasteiger partial charge in [0.25, 0.3) is 0 Å². The molecule has 0 bridgehead atoms. The van der Waals surface area contributed by atoms with Crippen LogP contribution in [0.15, 0.2) is 12.3 Å². The second-order valence-corrected chi connectivity index (χ2v) is 9.46. The highest BCUT2D eigenvalue weighted by Crippen LogP contribution is 2.23. The average molecular weight is 371 g/mol. The van der Waals surface area contributed by atoms with Crippen LogP contribution >= 0.6 is 0 Å². The van der Waals surface area contributed by atoms with Gasteiger partial charge in [0.1, 0.15) is 15.7 Å². The Balaban J connectivity index is 1.96. The van der Waals surface area contributed by atoms with Gasteiger partial charge in [-0.15, -0.1) is 0 Å². The van der Waals surface area contributed by atoms with E-state index >= 15 is 0 Å². The number of nitrogens with one attached hydrogen (secondary N) is 2. The van der Waals surface area contributed by atoms with E-state index in [9.17, 15) is 8.42 Å². The normalized spacial score (nSPS) is 22.6. The summed E-state index contributed by atoms with van der Waals surface area (Å²) >= 11 is 0. The molecule has 2 heterocycles. The first-order valence-corrected chi connectivity index (χ1v) is 11.0. The van der Waals surface area contributed by atoms with E-state index in [4.69, 9.17) is 4.74 Å². The lowest BCUT2D eigenvalue weighted by Gasteiger charge is -2.35. The molecule has 2 N–H and O–H groups in total. The number of aromatic nitrogens is 2. The van der Waals surface area contributed by atoms with E-state index in [1.165, 1.54) is 6.26 Å². The first kappa shape index (κ1) is 19.9. The Bertz CT molecular complexity index is 651. The maximum atomic E-state index is 11.3. The molecule has 1 aromatic heterocycles. The van der Waals surface area contributed by atoms with Crippen LogP contribution < -0.4 is 10.6 Å². The van der Waals surface area contributed by atoms with Crippen LogP contribution in [-0.4, -0.2) is 55.2 Å². The average Bonchev–Trinajstić information content (AvgIpc) is 2.53. The Morgan fingerprint density at radius 1 is 1.36 bits per heavy atom. The van der Waals surface area contributed by atoms with Gasteiger partial charge in [-0.05, 0) is 38.2 Å². The molecule has 1 aliphatic rings. The van der Waals surface area contributed by atoms with E-state index in [1.54, 1.807) is 6.20 Å². The Labute approximate surface area is 150 Å². The van der Waals surface area contributed by atoms with Gasteiger partial charge in [-0.25, -0.2) is 13.4 Å². The molecule has 0 spiro atoms. The van der Waals surface area contributed by atoms with Crippen molar-refractivity contribution in [3.63, 3.8) is 0 Å². The van der Waals surface area contributed by atoms with Crippen molar-refractivity contribution in [2.24, 2.45) is 5.92 Å². The fourth-order valence-electron chi connectivity index (χ4n) is 3.00. The van der Waals surface area contributed by atoms with E-state index in [0.29, 0.717) is 18.3 Å². The first-order chi connectivity index (χ1) is 11.7. The van der Waals surface area contributed by atoms with Crippen LogP contribution in [0.4, 0.5) is 11.8 Å². The van der Waals surface area contributed by atoms with E-state index in [2.05, 4.69) is 34.4 Å². The molecule has 0 aliphatic carbocycles. The smallest absolute Gasteiger partial charge is 0.224 e. The molecule has 7 nitrogen and oxygen atoms in total. The zero-order valence-corrected chi connectivity index (χ0v) is 16.3. The highest BCUT2D eigenvalue weighted by Gasteiger charge is 2.28. The number of hydrogen-bond acceptors (Lipinski definition) is 7. The van der Waals surface area contributed by atoms with Crippen LogP contribution in [0.25, 0.3) is 0 Å². The van der Waals surface area contributed by atoms with Crippen molar-refractivity contribution in [1.29, 1.82) is 0 Å². The zero-order valence-electron chi connectivity index (χ0n) is 15.5. The van der Waals surface area contributed by atoms with Gasteiger partial charge in [0, 0.05) is 25.1 Å². The summed E-state index contributed by atoms with van der Waals surface area (Å²) in [6.07, 6.45) is 5.74. The zero-order chi connectivity index (χ0) is 18.4. The second-order valence-electron chi connectivity index (χ2n) is 7.20. The Kier molecular flexibility index (Phi) is 7.01. The molecular weight excluding hydrogens is 340 g/mol. The van der Waals surface area contributed by atoms with E-state index in [-0.39, 0.29) is 23.9 Å². The van der Waals surface area contributed by atoms with E-state index in [1.807, 2.05) is 13.0 Å². The minimum absolute atomic E-state index is 0.0219. The van der Waals surface area contributed by atoms with Gasteiger partial charge >= 0.3 is 0 Å². The summed E-state index contributed by atoms with van der Waals surface area (Å²) in [5.74, 6) is 1.85. The van der Waals surface area contributed by atoms with Crippen molar-refractivity contribution < 1.29 is 13.2 Å². The van der Waals surface area contributed by atoms with Crippen LogP contribution in [-0.2, 0) is 14.6 Å². The van der Waals surface area contributed by atoms with Crippen molar-refractivity contribution in [1.82, 2.24) is 9.97 Å².